The Balaban J connectivity index is 2.33. The fraction of sp³-hybridized carbons (Fsp3) is 0.833. The highest BCUT2D eigenvalue weighted by atomic mass is 16.7. The number of rotatable bonds is 1. The van der Waals surface area contributed by atoms with Crippen LogP contribution in [0.1, 0.15) is 12.8 Å². The molecule has 1 atom stereocenters. The maximum absolute atomic E-state index is 10.1. The highest BCUT2D eigenvalue weighted by molar-refractivity contribution is 5.57. The van der Waals surface area contributed by atoms with E-state index in [4.69, 9.17) is 5.11 Å². The van der Waals surface area contributed by atoms with Crippen LogP contribution in [0.15, 0.2) is 0 Å². The fourth-order valence-corrected chi connectivity index (χ4v) is 1.14. The lowest BCUT2D eigenvalue weighted by atomic mass is 10.4. The number of carboxylic acid groups (broad SMARTS) is 1. The summed E-state index contributed by atoms with van der Waals surface area (Å²) in [4.78, 5) is 11.9. The molecule has 1 saturated heterocycles. The number of hydrogen-bond donors (Lipinski definition) is 1. The largest absolute Gasteiger partial charge is 0.507 e. The Morgan fingerprint density at radius 2 is 2.50 bits per heavy atom. The maximum atomic E-state index is 10.1. The number of nitrogens with zero attached hydrogens (tertiary/aromatic N) is 1. The Hall–Kier alpha value is -0.770. The third-order valence-corrected chi connectivity index (χ3v) is 1.69. The first-order valence-electron chi connectivity index (χ1n) is 3.30. The molecule has 0 spiro atoms. The van der Waals surface area contributed by atoms with Crippen LogP contribution in [-0.2, 0) is 4.74 Å². The molecule has 0 saturated carbocycles. The normalized spacial score (nSPS) is 26.7. The summed E-state index contributed by atoms with van der Waals surface area (Å²) in [5.74, 6) is 0. The molecule has 1 N–H and O–H groups in total. The molecule has 1 aliphatic rings. The highest BCUT2D eigenvalue weighted by Crippen LogP contribution is 2.15. The lowest BCUT2D eigenvalue weighted by Crippen LogP contribution is -2.29. The molecule has 58 valence electrons. The molecule has 1 aliphatic heterocycles. The Labute approximate surface area is 59.4 Å². The van der Waals surface area contributed by atoms with Crippen molar-refractivity contribution in [1.29, 1.82) is 0 Å². The molecular weight excluding hydrogens is 134 g/mol. The maximum Gasteiger partial charge on any atom is 0.507 e. The number of ether oxygens (including phenoxy) is 1. The van der Waals surface area contributed by atoms with Gasteiger partial charge in [0, 0.05) is 6.54 Å². The van der Waals surface area contributed by atoms with Gasteiger partial charge in [0.25, 0.3) is 0 Å². The van der Waals surface area contributed by atoms with E-state index in [9.17, 15) is 4.79 Å². The van der Waals surface area contributed by atoms with Crippen LogP contribution in [0.5, 0.6) is 0 Å². The number of carbonyl (C=O) groups is 1. The summed E-state index contributed by atoms with van der Waals surface area (Å²) in [5, 5.41) is 8.24. The minimum Gasteiger partial charge on any atom is -0.450 e. The summed E-state index contributed by atoms with van der Waals surface area (Å²) in [5.41, 5.74) is 0. The number of likely N-dealkylation sites (tertiary alicyclic amines) is 1. The van der Waals surface area contributed by atoms with Crippen molar-refractivity contribution in [2.45, 2.75) is 19.1 Å². The van der Waals surface area contributed by atoms with E-state index in [1.165, 1.54) is 0 Å². The van der Waals surface area contributed by atoms with E-state index in [0.717, 1.165) is 19.4 Å². The van der Waals surface area contributed by atoms with Crippen LogP contribution in [0, 0.1) is 0 Å². The smallest absolute Gasteiger partial charge is 0.450 e. The van der Waals surface area contributed by atoms with Gasteiger partial charge in [-0.1, -0.05) is 0 Å². The zero-order valence-electron chi connectivity index (χ0n) is 5.91. The van der Waals surface area contributed by atoms with Gasteiger partial charge in [-0.3, -0.25) is 4.90 Å². The van der Waals surface area contributed by atoms with E-state index in [0.29, 0.717) is 0 Å². The van der Waals surface area contributed by atoms with Crippen LogP contribution in [0.4, 0.5) is 4.79 Å². The Bertz CT molecular complexity index is 137. The van der Waals surface area contributed by atoms with E-state index in [-0.39, 0.29) is 6.23 Å². The van der Waals surface area contributed by atoms with Gasteiger partial charge >= 0.3 is 6.16 Å². The molecule has 0 aromatic heterocycles. The first kappa shape index (κ1) is 7.34. The van der Waals surface area contributed by atoms with E-state index < -0.39 is 6.16 Å². The van der Waals surface area contributed by atoms with Crippen molar-refractivity contribution in [3.8, 4) is 0 Å². The second-order valence-electron chi connectivity index (χ2n) is 2.46. The monoisotopic (exact) mass is 145 g/mol. The first-order chi connectivity index (χ1) is 4.70. The fourth-order valence-electron chi connectivity index (χ4n) is 1.14. The van der Waals surface area contributed by atoms with Crippen molar-refractivity contribution < 1.29 is 14.6 Å². The summed E-state index contributed by atoms with van der Waals surface area (Å²) in [6.45, 7) is 0.929. The standard InChI is InChI=1S/C6H11NO3/c1-7-4-2-3-5(7)10-6(8)9/h5H,2-4H2,1H3,(H,8,9). The Kier molecular flexibility index (Phi) is 2.11. The van der Waals surface area contributed by atoms with Crippen molar-refractivity contribution in [2.24, 2.45) is 0 Å². The molecule has 1 rings (SSSR count). The lowest BCUT2D eigenvalue weighted by Gasteiger charge is -2.16. The van der Waals surface area contributed by atoms with Crippen molar-refractivity contribution in [3.63, 3.8) is 0 Å². The topological polar surface area (TPSA) is 49.8 Å². The molecule has 0 aliphatic carbocycles. The van der Waals surface area contributed by atoms with Crippen LogP contribution < -0.4 is 0 Å². The quantitative estimate of drug-likeness (QED) is 0.553. The summed E-state index contributed by atoms with van der Waals surface area (Å²) >= 11 is 0. The minimum atomic E-state index is -1.18. The van der Waals surface area contributed by atoms with Crippen LogP contribution >= 0.6 is 0 Å². The van der Waals surface area contributed by atoms with Crippen molar-refractivity contribution in [2.75, 3.05) is 13.6 Å². The number of hydrogen-bond acceptors (Lipinski definition) is 3. The van der Waals surface area contributed by atoms with Gasteiger partial charge in [0.1, 0.15) is 0 Å². The van der Waals surface area contributed by atoms with Gasteiger partial charge in [-0.25, -0.2) is 4.79 Å². The predicted octanol–water partition coefficient (Wildman–Crippen LogP) is 0.733. The Morgan fingerprint density at radius 1 is 1.80 bits per heavy atom. The zero-order valence-corrected chi connectivity index (χ0v) is 5.91. The van der Waals surface area contributed by atoms with Gasteiger partial charge in [0.15, 0.2) is 6.23 Å². The molecule has 1 unspecified atom stereocenters. The van der Waals surface area contributed by atoms with E-state index in [1.54, 1.807) is 0 Å². The van der Waals surface area contributed by atoms with Crippen LogP contribution in [0.25, 0.3) is 0 Å². The van der Waals surface area contributed by atoms with E-state index in [1.807, 2.05) is 11.9 Å². The van der Waals surface area contributed by atoms with Gasteiger partial charge < -0.3 is 9.84 Å². The third-order valence-electron chi connectivity index (χ3n) is 1.69. The molecule has 4 heteroatoms. The summed E-state index contributed by atoms with van der Waals surface area (Å²) in [6.07, 6.45) is 0.452. The lowest BCUT2D eigenvalue weighted by molar-refractivity contribution is -0.00306. The molecular formula is C6H11NO3. The summed E-state index contributed by atoms with van der Waals surface area (Å²) in [7, 11) is 1.86. The van der Waals surface area contributed by atoms with E-state index >= 15 is 0 Å². The molecule has 0 bridgehead atoms. The van der Waals surface area contributed by atoms with Gasteiger partial charge in [-0.2, -0.15) is 0 Å². The molecule has 1 heterocycles. The molecule has 0 aromatic rings. The highest BCUT2D eigenvalue weighted by Gasteiger charge is 2.23. The van der Waals surface area contributed by atoms with Crippen molar-refractivity contribution >= 4 is 6.16 Å². The summed E-state index contributed by atoms with van der Waals surface area (Å²) in [6, 6.07) is 0. The SMILES string of the molecule is CN1CCCC1OC(=O)O. The van der Waals surface area contributed by atoms with Crippen LogP contribution in [0.2, 0.25) is 0 Å². The predicted molar refractivity (Wildman–Crippen MR) is 34.8 cm³/mol. The van der Waals surface area contributed by atoms with Crippen LogP contribution in [0.3, 0.4) is 0 Å². The van der Waals surface area contributed by atoms with Gasteiger partial charge in [0.05, 0.1) is 0 Å². The average molecular weight is 145 g/mol. The van der Waals surface area contributed by atoms with Crippen LogP contribution in [-0.4, -0.2) is 36.0 Å². The van der Waals surface area contributed by atoms with Gasteiger partial charge in [-0.05, 0) is 19.9 Å². The molecule has 10 heavy (non-hydrogen) atoms. The third kappa shape index (κ3) is 1.60. The Morgan fingerprint density at radius 3 is 2.90 bits per heavy atom. The second kappa shape index (κ2) is 2.88. The van der Waals surface area contributed by atoms with E-state index in [2.05, 4.69) is 4.74 Å². The van der Waals surface area contributed by atoms with Crippen molar-refractivity contribution in [1.82, 2.24) is 4.90 Å². The molecule has 0 radical (unpaired) electrons. The van der Waals surface area contributed by atoms with Crippen molar-refractivity contribution in [3.05, 3.63) is 0 Å². The minimum absolute atomic E-state index is 0.211. The molecule has 0 amide bonds. The summed E-state index contributed by atoms with van der Waals surface area (Å²) < 4.78 is 4.57. The van der Waals surface area contributed by atoms with Gasteiger partial charge in [0.2, 0.25) is 0 Å². The zero-order chi connectivity index (χ0) is 7.56. The molecule has 0 aromatic carbocycles. The van der Waals surface area contributed by atoms with Gasteiger partial charge in [-0.15, -0.1) is 0 Å². The molecule has 1 fully saturated rings. The second-order valence-corrected chi connectivity index (χ2v) is 2.46. The average Bonchev–Trinajstić information content (AvgIpc) is 2.15. The molecule has 4 nitrogen and oxygen atoms in total. The first-order valence-corrected chi connectivity index (χ1v) is 3.30.